The molecule has 0 spiro atoms. The molecule has 0 bridgehead atoms. The van der Waals surface area contributed by atoms with Gasteiger partial charge >= 0.3 is 5.97 Å². The van der Waals surface area contributed by atoms with Crippen LogP contribution in [0.3, 0.4) is 0 Å². The molecule has 3 rings (SSSR count). The van der Waals surface area contributed by atoms with Gasteiger partial charge in [-0.1, -0.05) is 12.1 Å². The highest BCUT2D eigenvalue weighted by Crippen LogP contribution is 2.39. The first-order valence-corrected chi connectivity index (χ1v) is 6.92. The number of phenols is 1. The summed E-state index contributed by atoms with van der Waals surface area (Å²) in [4.78, 5) is 12.1. The Kier molecular flexibility index (Phi) is 3.37. The summed E-state index contributed by atoms with van der Waals surface area (Å²) < 4.78 is 10.5. The van der Waals surface area contributed by atoms with Crippen LogP contribution in [0, 0.1) is 13.8 Å². The van der Waals surface area contributed by atoms with E-state index < -0.39 is 0 Å². The molecular weight excluding hydrogens is 280 g/mol. The number of methoxy groups -OCH3 is 1. The molecule has 112 valence electrons. The largest absolute Gasteiger partial charge is 0.504 e. The summed E-state index contributed by atoms with van der Waals surface area (Å²) in [6, 6.07) is 8.86. The van der Waals surface area contributed by atoms with Crippen molar-refractivity contribution in [3.05, 3.63) is 52.6 Å². The summed E-state index contributed by atoms with van der Waals surface area (Å²) in [6.07, 6.45) is 1.75. The number of carbonyl (C=O) groups excluding carboxylic acids is 1. The Labute approximate surface area is 128 Å². The predicted octanol–water partition coefficient (Wildman–Crippen LogP) is 3.48. The molecule has 22 heavy (non-hydrogen) atoms. The Balaban J connectivity index is 2.12. The molecule has 1 N–H and O–H groups in total. The van der Waals surface area contributed by atoms with Gasteiger partial charge in [-0.25, -0.2) is 4.79 Å². The van der Waals surface area contributed by atoms with Crippen LogP contribution in [0.2, 0.25) is 0 Å². The van der Waals surface area contributed by atoms with Crippen LogP contribution in [-0.2, 0) is 4.79 Å². The smallest absolute Gasteiger partial charge is 0.344 e. The SMILES string of the molecule is COc1cc(/C=C2\C(=O)Oc3c(C)cc(C)cc32)ccc1O. The number of hydrogen-bond acceptors (Lipinski definition) is 4. The minimum absolute atomic E-state index is 0.0609. The van der Waals surface area contributed by atoms with E-state index in [0.717, 1.165) is 22.3 Å². The molecule has 0 fully saturated rings. The average molecular weight is 296 g/mol. The van der Waals surface area contributed by atoms with Gasteiger partial charge in [0.1, 0.15) is 5.75 Å². The number of fused-ring (bicyclic) bond motifs is 1. The first kappa shape index (κ1) is 14.2. The highest BCUT2D eigenvalue weighted by molar-refractivity contribution is 6.26. The average Bonchev–Trinajstić information content (AvgIpc) is 2.78. The fraction of sp³-hybridized carbons (Fsp3) is 0.167. The van der Waals surface area contributed by atoms with E-state index in [-0.39, 0.29) is 11.7 Å². The minimum atomic E-state index is -0.365. The fourth-order valence-electron chi connectivity index (χ4n) is 2.63. The van der Waals surface area contributed by atoms with Crippen LogP contribution >= 0.6 is 0 Å². The Morgan fingerprint density at radius 1 is 1.18 bits per heavy atom. The van der Waals surface area contributed by atoms with Gasteiger partial charge in [-0.2, -0.15) is 0 Å². The number of hydrogen-bond donors (Lipinski definition) is 1. The van der Waals surface area contributed by atoms with Crippen LogP contribution in [0.4, 0.5) is 0 Å². The fourth-order valence-corrected chi connectivity index (χ4v) is 2.63. The van der Waals surface area contributed by atoms with Gasteiger partial charge in [0.25, 0.3) is 0 Å². The first-order valence-electron chi connectivity index (χ1n) is 6.92. The van der Waals surface area contributed by atoms with Crippen LogP contribution in [-0.4, -0.2) is 18.2 Å². The molecule has 4 nitrogen and oxygen atoms in total. The monoisotopic (exact) mass is 296 g/mol. The second-order valence-electron chi connectivity index (χ2n) is 5.34. The highest BCUT2D eigenvalue weighted by Gasteiger charge is 2.28. The second-order valence-corrected chi connectivity index (χ2v) is 5.34. The van der Waals surface area contributed by atoms with Crippen molar-refractivity contribution < 1.29 is 19.4 Å². The summed E-state index contributed by atoms with van der Waals surface area (Å²) in [5.74, 6) is 0.676. The number of esters is 1. The summed E-state index contributed by atoms with van der Waals surface area (Å²) >= 11 is 0. The molecule has 0 amide bonds. The molecule has 1 aliphatic heterocycles. The van der Waals surface area contributed by atoms with Crippen molar-refractivity contribution in [2.24, 2.45) is 0 Å². The zero-order valence-corrected chi connectivity index (χ0v) is 12.6. The zero-order chi connectivity index (χ0) is 15.9. The number of aryl methyl sites for hydroxylation is 2. The lowest BCUT2D eigenvalue weighted by molar-refractivity contribution is -0.126. The second kappa shape index (κ2) is 5.22. The quantitative estimate of drug-likeness (QED) is 0.524. The maximum atomic E-state index is 12.1. The van der Waals surface area contributed by atoms with Crippen molar-refractivity contribution in [2.45, 2.75) is 13.8 Å². The lowest BCUT2D eigenvalue weighted by Gasteiger charge is -2.05. The third-order valence-corrected chi connectivity index (χ3v) is 3.64. The number of phenolic OH excluding ortho intramolecular Hbond substituents is 1. The summed E-state index contributed by atoms with van der Waals surface area (Å²) in [5, 5.41) is 9.64. The van der Waals surface area contributed by atoms with E-state index in [4.69, 9.17) is 9.47 Å². The van der Waals surface area contributed by atoms with Crippen LogP contribution in [0.1, 0.15) is 22.3 Å². The van der Waals surface area contributed by atoms with E-state index in [1.165, 1.54) is 13.2 Å². The lowest BCUT2D eigenvalue weighted by atomic mass is 9.99. The van der Waals surface area contributed by atoms with Crippen LogP contribution < -0.4 is 9.47 Å². The van der Waals surface area contributed by atoms with Gasteiger partial charge in [-0.05, 0) is 54.8 Å². The van der Waals surface area contributed by atoms with Crippen LogP contribution in [0.5, 0.6) is 17.2 Å². The van der Waals surface area contributed by atoms with E-state index in [2.05, 4.69) is 0 Å². The van der Waals surface area contributed by atoms with Crippen molar-refractivity contribution >= 4 is 17.6 Å². The van der Waals surface area contributed by atoms with Crippen LogP contribution in [0.25, 0.3) is 11.6 Å². The molecule has 0 atom stereocenters. The third kappa shape index (κ3) is 2.33. The highest BCUT2D eigenvalue weighted by atomic mass is 16.5. The molecule has 2 aromatic carbocycles. The Bertz CT molecular complexity index is 803. The number of benzene rings is 2. The third-order valence-electron chi connectivity index (χ3n) is 3.64. The molecule has 0 saturated carbocycles. The van der Waals surface area contributed by atoms with Gasteiger partial charge in [-0.3, -0.25) is 0 Å². The minimum Gasteiger partial charge on any atom is -0.504 e. The number of ether oxygens (including phenoxy) is 2. The van der Waals surface area contributed by atoms with Gasteiger partial charge in [0.2, 0.25) is 0 Å². The maximum absolute atomic E-state index is 12.1. The lowest BCUT2D eigenvalue weighted by Crippen LogP contribution is -2.00. The Hall–Kier alpha value is -2.75. The number of rotatable bonds is 2. The number of carbonyl (C=O) groups is 1. The molecule has 0 aromatic heterocycles. The number of aromatic hydroxyl groups is 1. The van der Waals surface area contributed by atoms with Crippen LogP contribution in [0.15, 0.2) is 30.3 Å². The summed E-state index contributed by atoms with van der Waals surface area (Å²) in [6.45, 7) is 3.91. The van der Waals surface area contributed by atoms with Gasteiger partial charge in [0, 0.05) is 5.56 Å². The normalized spacial score (nSPS) is 14.9. The van der Waals surface area contributed by atoms with E-state index in [0.29, 0.717) is 17.1 Å². The molecule has 1 heterocycles. The summed E-state index contributed by atoms with van der Waals surface area (Å²) in [5.41, 5.74) is 4.08. The van der Waals surface area contributed by atoms with Gasteiger partial charge in [0.15, 0.2) is 11.5 Å². The molecule has 4 heteroatoms. The van der Waals surface area contributed by atoms with Crippen molar-refractivity contribution in [3.8, 4) is 17.2 Å². The maximum Gasteiger partial charge on any atom is 0.344 e. The predicted molar refractivity (Wildman–Crippen MR) is 84.1 cm³/mol. The van der Waals surface area contributed by atoms with Crippen molar-refractivity contribution in [1.82, 2.24) is 0 Å². The van der Waals surface area contributed by atoms with Crippen molar-refractivity contribution in [3.63, 3.8) is 0 Å². The van der Waals surface area contributed by atoms with Gasteiger partial charge in [-0.15, -0.1) is 0 Å². The Morgan fingerprint density at radius 2 is 1.95 bits per heavy atom. The Morgan fingerprint density at radius 3 is 2.68 bits per heavy atom. The molecule has 2 aromatic rings. The molecule has 0 aliphatic carbocycles. The summed E-state index contributed by atoms with van der Waals surface area (Å²) in [7, 11) is 1.48. The van der Waals surface area contributed by atoms with E-state index in [1.807, 2.05) is 26.0 Å². The van der Waals surface area contributed by atoms with Gasteiger partial charge in [0.05, 0.1) is 12.7 Å². The molecule has 0 unspecified atom stereocenters. The standard InChI is InChI=1S/C18H16O4/c1-10-6-11(2)17-13(7-10)14(18(20)22-17)8-12-4-5-15(19)16(9-12)21-3/h4-9,19H,1-3H3/b14-8-. The van der Waals surface area contributed by atoms with Gasteiger partial charge < -0.3 is 14.6 Å². The van der Waals surface area contributed by atoms with E-state index in [1.54, 1.807) is 18.2 Å². The van der Waals surface area contributed by atoms with E-state index >= 15 is 0 Å². The molecule has 1 aliphatic rings. The van der Waals surface area contributed by atoms with E-state index in [9.17, 15) is 9.90 Å². The molecular formula is C18H16O4. The molecule has 0 saturated heterocycles. The first-order chi connectivity index (χ1) is 10.5. The topological polar surface area (TPSA) is 55.8 Å². The zero-order valence-electron chi connectivity index (χ0n) is 12.6. The van der Waals surface area contributed by atoms with Crippen molar-refractivity contribution in [2.75, 3.05) is 7.11 Å². The van der Waals surface area contributed by atoms with Crippen molar-refractivity contribution in [1.29, 1.82) is 0 Å². The molecule has 0 radical (unpaired) electrons.